The fourth-order valence-corrected chi connectivity index (χ4v) is 6.77. The van der Waals surface area contributed by atoms with E-state index in [1.165, 1.54) is 5.56 Å². The molecule has 6 heteroatoms. The van der Waals surface area contributed by atoms with Gasteiger partial charge in [0.2, 0.25) is 0 Å². The second kappa shape index (κ2) is 9.15. The second-order valence-electron chi connectivity index (χ2n) is 2.85. The molecule has 0 atom stereocenters. The Labute approximate surface area is 111 Å². The highest BCUT2D eigenvalue weighted by Crippen LogP contribution is 2.44. The molecule has 0 amide bonds. The quantitative estimate of drug-likeness (QED) is 0.567. The lowest BCUT2D eigenvalue weighted by Crippen LogP contribution is -1.94. The van der Waals surface area contributed by atoms with Crippen LogP contribution >= 0.6 is 41.2 Å². The molecule has 1 rings (SSSR count). The molecule has 2 nitrogen and oxygen atoms in total. The third-order valence-electron chi connectivity index (χ3n) is 1.59. The van der Waals surface area contributed by atoms with Crippen LogP contribution in [0.25, 0.3) is 0 Å². The maximum absolute atomic E-state index is 10.2. The summed E-state index contributed by atoms with van der Waals surface area (Å²) in [5.74, 6) is 0.923. The Balaban J connectivity index is 1.94. The highest BCUT2D eigenvalue weighted by atomic mass is 33.7. The monoisotopic (exact) mass is 292 g/mol. The van der Waals surface area contributed by atoms with Crippen molar-refractivity contribution in [3.8, 4) is 0 Å². The summed E-state index contributed by atoms with van der Waals surface area (Å²) in [6, 6.07) is 10.3. The lowest BCUT2D eigenvalue weighted by molar-refractivity contribution is -0.136. The molecule has 0 saturated carbocycles. The molecule has 0 aromatic heterocycles. The minimum absolute atomic E-state index is 0.238. The summed E-state index contributed by atoms with van der Waals surface area (Å²) in [5, 5.41) is 8.43. The minimum atomic E-state index is -0.727. The molecule has 88 valence electrons. The van der Waals surface area contributed by atoms with Gasteiger partial charge < -0.3 is 5.11 Å². The van der Waals surface area contributed by atoms with Crippen molar-refractivity contribution < 1.29 is 9.90 Å². The number of carbonyl (C=O) groups is 1. The number of hydrogen-bond donors (Lipinski definition) is 1. The van der Waals surface area contributed by atoms with E-state index in [4.69, 9.17) is 5.11 Å². The first-order valence-electron chi connectivity index (χ1n) is 4.62. The number of carboxylic acid groups (broad SMARTS) is 1. The third kappa shape index (κ3) is 7.38. The van der Waals surface area contributed by atoms with Gasteiger partial charge in [-0.05, 0) is 25.2 Å². The van der Waals surface area contributed by atoms with Crippen LogP contribution in [0.4, 0.5) is 0 Å². The van der Waals surface area contributed by atoms with E-state index in [0.29, 0.717) is 5.75 Å². The van der Waals surface area contributed by atoms with Crippen molar-refractivity contribution in [1.29, 1.82) is 0 Å². The summed E-state index contributed by atoms with van der Waals surface area (Å²) < 4.78 is 0. The molecule has 16 heavy (non-hydrogen) atoms. The normalized spacial score (nSPS) is 10.2. The van der Waals surface area contributed by atoms with Crippen LogP contribution in [0.2, 0.25) is 0 Å². The first-order chi connectivity index (χ1) is 7.79. The summed E-state index contributed by atoms with van der Waals surface area (Å²) in [6.45, 7) is 0. The Hall–Kier alpha value is 0.0900. The van der Waals surface area contributed by atoms with E-state index in [2.05, 4.69) is 12.1 Å². The van der Waals surface area contributed by atoms with Gasteiger partial charge in [-0.25, -0.2) is 0 Å². The van der Waals surface area contributed by atoms with Crippen LogP contribution in [0.1, 0.15) is 12.0 Å². The zero-order chi connectivity index (χ0) is 11.6. The molecular weight excluding hydrogens is 280 g/mol. The van der Waals surface area contributed by atoms with Crippen molar-refractivity contribution in [1.82, 2.24) is 0 Å². The predicted molar refractivity (Wildman–Crippen MR) is 77.6 cm³/mol. The lowest BCUT2D eigenvalue weighted by atomic mass is 10.2. The van der Waals surface area contributed by atoms with E-state index in [1.807, 2.05) is 18.2 Å². The van der Waals surface area contributed by atoms with Crippen molar-refractivity contribution in [2.45, 2.75) is 12.2 Å². The van der Waals surface area contributed by atoms with Gasteiger partial charge >= 0.3 is 5.97 Å². The minimum Gasteiger partial charge on any atom is -0.481 e. The molecule has 0 bridgehead atoms. The van der Waals surface area contributed by atoms with Crippen LogP contribution in [0.5, 0.6) is 0 Å². The number of carboxylic acids is 1. The molecule has 0 aliphatic rings. The van der Waals surface area contributed by atoms with Gasteiger partial charge in [-0.1, -0.05) is 51.9 Å². The van der Waals surface area contributed by atoms with Crippen molar-refractivity contribution in [2.75, 3.05) is 5.75 Å². The Bertz CT molecular complexity index is 305. The average Bonchev–Trinajstić information content (AvgIpc) is 2.29. The van der Waals surface area contributed by atoms with Crippen molar-refractivity contribution in [2.24, 2.45) is 0 Å². The van der Waals surface area contributed by atoms with Gasteiger partial charge in [0, 0.05) is 11.5 Å². The van der Waals surface area contributed by atoms with Crippen molar-refractivity contribution >= 4 is 47.2 Å². The van der Waals surface area contributed by atoms with Crippen molar-refractivity contribution in [3.63, 3.8) is 0 Å². The van der Waals surface area contributed by atoms with Gasteiger partial charge in [0.1, 0.15) is 0 Å². The van der Waals surface area contributed by atoms with Crippen LogP contribution in [0.15, 0.2) is 30.3 Å². The number of hydrogen-bond acceptors (Lipinski definition) is 5. The Kier molecular flexibility index (Phi) is 8.10. The predicted octanol–water partition coefficient (Wildman–Crippen LogP) is 4.34. The average molecular weight is 292 g/mol. The van der Waals surface area contributed by atoms with Crippen LogP contribution in [0.3, 0.4) is 0 Å². The van der Waals surface area contributed by atoms with Gasteiger partial charge in [0.05, 0.1) is 6.42 Å². The molecule has 0 fully saturated rings. The molecule has 1 N–H and O–H groups in total. The standard InChI is InChI=1S/C10H12O2S4/c11-10(12)6-7-13-15-16-14-8-9-4-2-1-3-5-9/h1-5H,6-8H2,(H,11,12). The molecule has 0 spiro atoms. The van der Waals surface area contributed by atoms with E-state index in [-0.39, 0.29) is 6.42 Å². The van der Waals surface area contributed by atoms with Crippen LogP contribution < -0.4 is 0 Å². The highest BCUT2D eigenvalue weighted by molar-refractivity contribution is 9.26. The summed E-state index contributed by atoms with van der Waals surface area (Å²) in [6.07, 6.45) is 0.238. The number of aliphatic carboxylic acids is 1. The molecule has 0 aliphatic carbocycles. The number of rotatable bonds is 8. The lowest BCUT2D eigenvalue weighted by Gasteiger charge is -1.99. The van der Waals surface area contributed by atoms with Gasteiger partial charge in [-0.15, -0.1) is 0 Å². The van der Waals surface area contributed by atoms with E-state index >= 15 is 0 Å². The molecular formula is C10H12O2S4. The van der Waals surface area contributed by atoms with Crippen LogP contribution in [0, 0.1) is 0 Å². The van der Waals surface area contributed by atoms with E-state index in [0.717, 1.165) is 5.75 Å². The number of benzene rings is 1. The van der Waals surface area contributed by atoms with E-state index < -0.39 is 5.97 Å². The molecule has 0 unspecified atom stereocenters. The Morgan fingerprint density at radius 3 is 2.50 bits per heavy atom. The maximum atomic E-state index is 10.2. The first kappa shape index (κ1) is 14.2. The molecule has 1 aromatic rings. The molecule has 0 radical (unpaired) electrons. The highest BCUT2D eigenvalue weighted by Gasteiger charge is 1.98. The van der Waals surface area contributed by atoms with Gasteiger partial charge in [0.15, 0.2) is 0 Å². The molecule has 0 heterocycles. The molecule has 0 saturated heterocycles. The summed E-state index contributed by atoms with van der Waals surface area (Å²) in [7, 11) is 6.72. The SMILES string of the molecule is O=C(O)CCSSSSCc1ccccc1. The topological polar surface area (TPSA) is 37.3 Å². The third-order valence-corrected chi connectivity index (χ3v) is 7.99. The first-order valence-corrected chi connectivity index (χ1v) is 9.78. The van der Waals surface area contributed by atoms with Crippen LogP contribution in [-0.2, 0) is 10.5 Å². The van der Waals surface area contributed by atoms with Gasteiger partial charge in [-0.2, -0.15) is 0 Å². The Morgan fingerprint density at radius 1 is 1.12 bits per heavy atom. The molecule has 0 aliphatic heterocycles. The smallest absolute Gasteiger partial charge is 0.304 e. The van der Waals surface area contributed by atoms with Gasteiger partial charge in [-0.3, -0.25) is 4.79 Å². The zero-order valence-electron chi connectivity index (χ0n) is 8.50. The Morgan fingerprint density at radius 2 is 1.81 bits per heavy atom. The van der Waals surface area contributed by atoms with E-state index in [9.17, 15) is 4.79 Å². The fraction of sp³-hybridized carbons (Fsp3) is 0.300. The second-order valence-corrected chi connectivity index (χ2v) is 8.97. The van der Waals surface area contributed by atoms with E-state index in [1.54, 1.807) is 41.2 Å². The summed E-state index contributed by atoms with van der Waals surface area (Å²) >= 11 is 0. The van der Waals surface area contributed by atoms with Crippen LogP contribution in [-0.4, -0.2) is 16.8 Å². The summed E-state index contributed by atoms with van der Waals surface area (Å²) in [4.78, 5) is 10.2. The maximum Gasteiger partial charge on any atom is 0.304 e. The molecule has 1 aromatic carbocycles. The summed E-state index contributed by atoms with van der Waals surface area (Å²) in [5.41, 5.74) is 1.32. The zero-order valence-corrected chi connectivity index (χ0v) is 11.8. The largest absolute Gasteiger partial charge is 0.481 e. The van der Waals surface area contributed by atoms with Gasteiger partial charge in [0.25, 0.3) is 0 Å². The van der Waals surface area contributed by atoms with Crippen molar-refractivity contribution in [3.05, 3.63) is 35.9 Å². The fourth-order valence-electron chi connectivity index (χ4n) is 0.869.